The molecule has 0 saturated carbocycles. The molecule has 1 heterocycles. The van der Waals surface area contributed by atoms with Crippen LogP contribution in [-0.2, 0) is 4.74 Å². The van der Waals surface area contributed by atoms with Gasteiger partial charge in [0, 0.05) is 7.11 Å². The molecule has 0 aromatic carbocycles. The van der Waals surface area contributed by atoms with E-state index in [-0.39, 0.29) is 6.04 Å². The molecule has 1 aromatic heterocycles. The number of aromatic nitrogens is 1. The molecule has 70 valence electrons. The smallest absolute Gasteiger partial charge is 0.168 e. The molecule has 0 saturated heterocycles. The molecule has 2 N–H and O–H groups in total. The SMILES string of the molecule is COCC(N)c1cccc(C=O)n1. The van der Waals surface area contributed by atoms with Gasteiger partial charge in [0.2, 0.25) is 0 Å². The van der Waals surface area contributed by atoms with Gasteiger partial charge in [-0.15, -0.1) is 0 Å². The van der Waals surface area contributed by atoms with Crippen LogP contribution in [0.5, 0.6) is 0 Å². The monoisotopic (exact) mass is 180 g/mol. The second-order valence-corrected chi connectivity index (χ2v) is 2.67. The van der Waals surface area contributed by atoms with E-state index in [0.717, 1.165) is 0 Å². The third-order valence-corrected chi connectivity index (χ3v) is 1.64. The van der Waals surface area contributed by atoms with E-state index < -0.39 is 0 Å². The molecular formula is C9H12N2O2. The Morgan fingerprint density at radius 1 is 1.69 bits per heavy atom. The van der Waals surface area contributed by atoms with Crippen molar-refractivity contribution in [2.24, 2.45) is 5.73 Å². The fourth-order valence-electron chi connectivity index (χ4n) is 1.01. The third kappa shape index (κ3) is 2.61. The van der Waals surface area contributed by atoms with Crippen LogP contribution in [0.2, 0.25) is 0 Å². The zero-order chi connectivity index (χ0) is 9.68. The minimum atomic E-state index is -0.273. The number of nitrogens with zero attached hydrogens (tertiary/aromatic N) is 1. The summed E-state index contributed by atoms with van der Waals surface area (Å²) >= 11 is 0. The number of ether oxygens (including phenoxy) is 1. The number of hydrogen-bond donors (Lipinski definition) is 1. The first kappa shape index (κ1) is 9.83. The molecule has 1 unspecified atom stereocenters. The summed E-state index contributed by atoms with van der Waals surface area (Å²) in [6.07, 6.45) is 0.697. The number of methoxy groups -OCH3 is 1. The summed E-state index contributed by atoms with van der Waals surface area (Å²) in [5.41, 5.74) is 6.79. The molecule has 13 heavy (non-hydrogen) atoms. The molecule has 0 aliphatic carbocycles. The Kier molecular flexibility index (Phi) is 3.54. The zero-order valence-electron chi connectivity index (χ0n) is 7.43. The van der Waals surface area contributed by atoms with Gasteiger partial charge >= 0.3 is 0 Å². The van der Waals surface area contributed by atoms with Crippen LogP contribution >= 0.6 is 0 Å². The van der Waals surface area contributed by atoms with Gasteiger partial charge in [0.1, 0.15) is 5.69 Å². The van der Waals surface area contributed by atoms with Gasteiger partial charge in [-0.3, -0.25) is 4.79 Å². The van der Waals surface area contributed by atoms with Crippen molar-refractivity contribution in [2.75, 3.05) is 13.7 Å². The van der Waals surface area contributed by atoms with E-state index in [2.05, 4.69) is 4.98 Å². The van der Waals surface area contributed by atoms with Gasteiger partial charge in [0.25, 0.3) is 0 Å². The van der Waals surface area contributed by atoms with Gasteiger partial charge in [0.15, 0.2) is 6.29 Å². The van der Waals surface area contributed by atoms with E-state index in [0.29, 0.717) is 24.3 Å². The lowest BCUT2D eigenvalue weighted by atomic mass is 10.2. The van der Waals surface area contributed by atoms with Gasteiger partial charge in [-0.25, -0.2) is 4.98 Å². The molecule has 0 bridgehead atoms. The van der Waals surface area contributed by atoms with Crippen molar-refractivity contribution in [3.8, 4) is 0 Å². The summed E-state index contributed by atoms with van der Waals surface area (Å²) in [4.78, 5) is 14.4. The van der Waals surface area contributed by atoms with Gasteiger partial charge in [-0.05, 0) is 12.1 Å². The van der Waals surface area contributed by atoms with Crippen LogP contribution in [0, 0.1) is 0 Å². The van der Waals surface area contributed by atoms with E-state index in [1.165, 1.54) is 0 Å². The lowest BCUT2D eigenvalue weighted by Gasteiger charge is -2.09. The molecule has 0 aliphatic heterocycles. The maximum Gasteiger partial charge on any atom is 0.168 e. The van der Waals surface area contributed by atoms with E-state index in [1.807, 2.05) is 0 Å². The molecule has 4 nitrogen and oxygen atoms in total. The van der Waals surface area contributed by atoms with Crippen LogP contribution in [0.3, 0.4) is 0 Å². The maximum absolute atomic E-state index is 10.4. The second-order valence-electron chi connectivity index (χ2n) is 2.67. The standard InChI is InChI=1S/C9H12N2O2/c1-13-6-8(10)9-4-2-3-7(5-12)11-9/h2-5,8H,6,10H2,1H3. The fraction of sp³-hybridized carbons (Fsp3) is 0.333. The number of carbonyl (C=O) groups is 1. The van der Waals surface area contributed by atoms with E-state index in [1.54, 1.807) is 25.3 Å². The molecule has 1 aromatic rings. The number of hydrogen-bond acceptors (Lipinski definition) is 4. The summed E-state index contributed by atoms with van der Waals surface area (Å²) in [7, 11) is 1.57. The van der Waals surface area contributed by atoms with Crippen LogP contribution in [-0.4, -0.2) is 25.0 Å². The van der Waals surface area contributed by atoms with E-state index in [9.17, 15) is 4.79 Å². The average Bonchev–Trinajstić information content (AvgIpc) is 2.18. The average molecular weight is 180 g/mol. The molecule has 0 fully saturated rings. The number of carbonyl (C=O) groups excluding carboxylic acids is 1. The molecule has 1 rings (SSSR count). The molecule has 0 spiro atoms. The second kappa shape index (κ2) is 4.69. The topological polar surface area (TPSA) is 65.2 Å². The Bertz CT molecular complexity index is 289. The summed E-state index contributed by atoms with van der Waals surface area (Å²) in [5.74, 6) is 0. The molecule has 1 atom stereocenters. The van der Waals surface area contributed by atoms with Crippen molar-refractivity contribution in [3.63, 3.8) is 0 Å². The summed E-state index contributed by atoms with van der Waals surface area (Å²) in [6.45, 7) is 0.398. The first-order chi connectivity index (χ1) is 6.27. The molecule has 0 amide bonds. The lowest BCUT2D eigenvalue weighted by molar-refractivity contribution is 0.111. The predicted octanol–water partition coefficient (Wildman–Crippen LogP) is 0.540. The highest BCUT2D eigenvalue weighted by Crippen LogP contribution is 2.07. The Balaban J connectivity index is 2.81. The van der Waals surface area contributed by atoms with Gasteiger partial charge in [-0.2, -0.15) is 0 Å². The van der Waals surface area contributed by atoms with Crippen LogP contribution in [0.4, 0.5) is 0 Å². The molecular weight excluding hydrogens is 168 g/mol. The minimum absolute atomic E-state index is 0.273. The van der Waals surface area contributed by atoms with Gasteiger partial charge in [0.05, 0.1) is 18.3 Å². The van der Waals surface area contributed by atoms with Crippen molar-refractivity contribution < 1.29 is 9.53 Å². The maximum atomic E-state index is 10.4. The number of rotatable bonds is 4. The first-order valence-corrected chi connectivity index (χ1v) is 3.94. The largest absolute Gasteiger partial charge is 0.383 e. The molecule has 0 aliphatic rings. The summed E-state index contributed by atoms with van der Waals surface area (Å²) < 4.78 is 4.88. The minimum Gasteiger partial charge on any atom is -0.383 e. The van der Waals surface area contributed by atoms with E-state index in [4.69, 9.17) is 10.5 Å². The first-order valence-electron chi connectivity index (χ1n) is 3.94. The van der Waals surface area contributed by atoms with Gasteiger partial charge in [-0.1, -0.05) is 6.07 Å². The van der Waals surface area contributed by atoms with Crippen LogP contribution in [0.25, 0.3) is 0 Å². The third-order valence-electron chi connectivity index (χ3n) is 1.64. The highest BCUT2D eigenvalue weighted by molar-refractivity contribution is 5.71. The summed E-state index contributed by atoms with van der Waals surface area (Å²) in [5, 5.41) is 0. The lowest BCUT2D eigenvalue weighted by Crippen LogP contribution is -2.17. The Morgan fingerprint density at radius 3 is 3.08 bits per heavy atom. The highest BCUT2D eigenvalue weighted by Gasteiger charge is 2.06. The molecule has 0 radical (unpaired) electrons. The van der Waals surface area contributed by atoms with Crippen molar-refractivity contribution in [2.45, 2.75) is 6.04 Å². The highest BCUT2D eigenvalue weighted by atomic mass is 16.5. The number of nitrogens with two attached hydrogens (primary N) is 1. The summed E-state index contributed by atoms with van der Waals surface area (Å²) in [6, 6.07) is 4.89. The Hall–Kier alpha value is -1.26. The molecule has 4 heteroatoms. The van der Waals surface area contributed by atoms with Crippen molar-refractivity contribution in [3.05, 3.63) is 29.6 Å². The fourth-order valence-corrected chi connectivity index (χ4v) is 1.01. The quantitative estimate of drug-likeness (QED) is 0.687. The van der Waals surface area contributed by atoms with E-state index >= 15 is 0 Å². The number of aldehydes is 1. The Labute approximate surface area is 76.7 Å². The van der Waals surface area contributed by atoms with Crippen molar-refractivity contribution >= 4 is 6.29 Å². The number of pyridine rings is 1. The van der Waals surface area contributed by atoms with Crippen LogP contribution < -0.4 is 5.73 Å². The van der Waals surface area contributed by atoms with Crippen molar-refractivity contribution in [1.29, 1.82) is 0 Å². The van der Waals surface area contributed by atoms with Crippen molar-refractivity contribution in [1.82, 2.24) is 4.98 Å². The van der Waals surface area contributed by atoms with Crippen LogP contribution in [0.1, 0.15) is 22.2 Å². The van der Waals surface area contributed by atoms with Gasteiger partial charge < -0.3 is 10.5 Å². The van der Waals surface area contributed by atoms with Crippen LogP contribution in [0.15, 0.2) is 18.2 Å². The predicted molar refractivity (Wildman–Crippen MR) is 48.4 cm³/mol. The Morgan fingerprint density at radius 2 is 2.46 bits per heavy atom. The zero-order valence-corrected chi connectivity index (χ0v) is 7.43. The normalized spacial score (nSPS) is 12.5.